The molecule has 3 rings (SSSR count). The molecule has 0 radical (unpaired) electrons. The molecule has 0 aliphatic heterocycles. The molecule has 0 atom stereocenters. The van der Waals surface area contributed by atoms with Gasteiger partial charge in [0, 0.05) is 10.6 Å². The van der Waals surface area contributed by atoms with E-state index in [9.17, 15) is 4.79 Å². The van der Waals surface area contributed by atoms with Crippen molar-refractivity contribution in [1.82, 2.24) is 0 Å². The van der Waals surface area contributed by atoms with Crippen molar-refractivity contribution in [2.45, 2.75) is 52.4 Å². The summed E-state index contributed by atoms with van der Waals surface area (Å²) in [6.07, 6.45) is 7.69. The minimum Gasteiger partial charge on any atom is -0.289 e. The molecule has 0 heterocycles. The predicted molar refractivity (Wildman–Crippen MR) is 125 cm³/mol. The van der Waals surface area contributed by atoms with E-state index in [2.05, 4.69) is 59.8 Å². The quantitative estimate of drug-likeness (QED) is 0.505. The fraction of sp³-hybridized carbons (Fsp3) is 0.296. The third kappa shape index (κ3) is 4.79. The first-order valence-corrected chi connectivity index (χ1v) is 10.4. The van der Waals surface area contributed by atoms with Crippen molar-refractivity contribution >= 4 is 29.0 Å². The second kappa shape index (κ2) is 7.80. The number of rotatable bonds is 2. The van der Waals surface area contributed by atoms with Crippen molar-refractivity contribution in [3.05, 3.63) is 93.5 Å². The molecular formula is C27H29ClO. The van der Waals surface area contributed by atoms with Crippen molar-refractivity contribution < 1.29 is 4.79 Å². The van der Waals surface area contributed by atoms with Gasteiger partial charge in [0.2, 0.25) is 0 Å². The standard InChI is InChI=1S/C27H29ClO/c1-26(2,3)22-16-20(28)17-23(27(4,5)6)25(22)21-15-19(12-13-24(21)29)14-18-10-8-7-9-11-18/h7-17H,1-6H3. The smallest absolute Gasteiger partial charge is 0.186 e. The van der Waals surface area contributed by atoms with E-state index < -0.39 is 0 Å². The molecule has 2 aromatic rings. The Morgan fingerprint density at radius 2 is 1.38 bits per heavy atom. The number of hydrogen-bond acceptors (Lipinski definition) is 1. The van der Waals surface area contributed by atoms with Gasteiger partial charge in [-0.1, -0.05) is 89.6 Å². The van der Waals surface area contributed by atoms with Gasteiger partial charge < -0.3 is 0 Å². The molecule has 150 valence electrons. The van der Waals surface area contributed by atoms with Gasteiger partial charge in [-0.15, -0.1) is 0 Å². The number of ketones is 1. The van der Waals surface area contributed by atoms with Crippen LogP contribution in [0.3, 0.4) is 0 Å². The van der Waals surface area contributed by atoms with Gasteiger partial charge in [0.25, 0.3) is 0 Å². The highest BCUT2D eigenvalue weighted by Crippen LogP contribution is 2.41. The van der Waals surface area contributed by atoms with Crippen molar-refractivity contribution in [3.63, 3.8) is 0 Å². The lowest BCUT2D eigenvalue weighted by Crippen LogP contribution is -2.22. The number of benzene rings is 2. The highest BCUT2D eigenvalue weighted by atomic mass is 35.5. The van der Waals surface area contributed by atoms with Crippen LogP contribution in [-0.2, 0) is 15.6 Å². The lowest BCUT2D eigenvalue weighted by atomic mass is 9.73. The lowest BCUT2D eigenvalue weighted by molar-refractivity contribution is -0.109. The Bertz CT molecular complexity index is 987. The van der Waals surface area contributed by atoms with E-state index in [0.717, 1.165) is 33.4 Å². The number of carbonyl (C=O) groups is 1. The molecule has 0 spiro atoms. The normalized spacial score (nSPS) is 16.3. The molecule has 0 fully saturated rings. The SMILES string of the molecule is CC(C)(C)c1cc(Cl)cc(C(C)(C)C)c1C1=CC(=Cc2ccccc2)C=CC1=O. The molecule has 1 aliphatic rings. The van der Waals surface area contributed by atoms with Crippen LogP contribution in [0.4, 0.5) is 0 Å². The van der Waals surface area contributed by atoms with Gasteiger partial charge in [0.1, 0.15) is 0 Å². The summed E-state index contributed by atoms with van der Waals surface area (Å²) in [7, 11) is 0. The Kier molecular flexibility index (Phi) is 5.74. The molecule has 2 aromatic carbocycles. The van der Waals surface area contributed by atoms with Crippen LogP contribution in [0.1, 0.15) is 63.8 Å². The summed E-state index contributed by atoms with van der Waals surface area (Å²) in [5.74, 6) is 0.0357. The van der Waals surface area contributed by atoms with Crippen molar-refractivity contribution in [1.29, 1.82) is 0 Å². The van der Waals surface area contributed by atoms with Gasteiger partial charge in [0.05, 0.1) is 0 Å². The van der Waals surface area contributed by atoms with Gasteiger partial charge in [-0.3, -0.25) is 4.79 Å². The fourth-order valence-corrected chi connectivity index (χ4v) is 3.87. The third-order valence-corrected chi connectivity index (χ3v) is 5.34. The van der Waals surface area contributed by atoms with E-state index in [4.69, 9.17) is 11.6 Å². The summed E-state index contributed by atoms with van der Waals surface area (Å²) in [6, 6.07) is 14.2. The Labute approximate surface area is 179 Å². The minimum absolute atomic E-state index is 0.0357. The largest absolute Gasteiger partial charge is 0.289 e. The zero-order valence-corrected chi connectivity index (χ0v) is 18.9. The third-order valence-electron chi connectivity index (χ3n) is 5.13. The summed E-state index contributed by atoms with van der Waals surface area (Å²) in [4.78, 5) is 13.0. The Hall–Kier alpha value is -2.38. The second-order valence-electron chi connectivity index (χ2n) is 9.69. The number of allylic oxidation sites excluding steroid dienone is 5. The van der Waals surface area contributed by atoms with Crippen LogP contribution < -0.4 is 0 Å². The zero-order valence-electron chi connectivity index (χ0n) is 18.1. The molecular weight excluding hydrogens is 376 g/mol. The first kappa shape index (κ1) is 21.3. The van der Waals surface area contributed by atoms with Gasteiger partial charge in [-0.2, -0.15) is 0 Å². The van der Waals surface area contributed by atoms with E-state index in [-0.39, 0.29) is 16.6 Å². The molecule has 1 aliphatic carbocycles. The molecule has 1 nitrogen and oxygen atoms in total. The molecule has 29 heavy (non-hydrogen) atoms. The summed E-state index contributed by atoms with van der Waals surface area (Å²) in [5, 5.41) is 0.711. The second-order valence-corrected chi connectivity index (χ2v) is 10.1. The summed E-state index contributed by atoms with van der Waals surface area (Å²) >= 11 is 6.52. The number of halogens is 1. The van der Waals surface area contributed by atoms with Gasteiger partial charge >= 0.3 is 0 Å². The van der Waals surface area contributed by atoms with E-state index >= 15 is 0 Å². The fourth-order valence-electron chi connectivity index (χ4n) is 3.65. The zero-order chi connectivity index (χ0) is 21.4. The van der Waals surface area contributed by atoms with Crippen molar-refractivity contribution in [3.8, 4) is 0 Å². The van der Waals surface area contributed by atoms with E-state index in [0.29, 0.717) is 5.02 Å². The number of carbonyl (C=O) groups excluding carboxylic acids is 1. The van der Waals surface area contributed by atoms with Crippen molar-refractivity contribution in [2.24, 2.45) is 0 Å². The summed E-state index contributed by atoms with van der Waals surface area (Å²) in [6.45, 7) is 13.0. The average Bonchev–Trinajstić information content (AvgIpc) is 2.62. The Balaban J connectivity index is 2.28. The highest BCUT2D eigenvalue weighted by Gasteiger charge is 2.30. The molecule has 0 saturated carbocycles. The molecule has 0 unspecified atom stereocenters. The summed E-state index contributed by atoms with van der Waals surface area (Å²) < 4.78 is 0. The van der Waals surface area contributed by atoms with Crippen LogP contribution in [-0.4, -0.2) is 5.78 Å². The first-order valence-electron chi connectivity index (χ1n) is 10.0. The van der Waals surface area contributed by atoms with Crippen LogP contribution in [0.2, 0.25) is 5.02 Å². The number of hydrogen-bond donors (Lipinski definition) is 0. The van der Waals surface area contributed by atoms with Crippen LogP contribution in [0, 0.1) is 0 Å². The Morgan fingerprint density at radius 1 is 0.828 bits per heavy atom. The van der Waals surface area contributed by atoms with Crippen LogP contribution in [0.15, 0.2) is 66.3 Å². The van der Waals surface area contributed by atoms with Crippen LogP contribution >= 0.6 is 11.6 Å². The average molecular weight is 405 g/mol. The van der Waals surface area contributed by atoms with Gasteiger partial charge in [-0.25, -0.2) is 0 Å². The monoisotopic (exact) mass is 404 g/mol. The maximum Gasteiger partial charge on any atom is 0.186 e. The predicted octanol–water partition coefficient (Wildman–Crippen LogP) is 7.54. The van der Waals surface area contributed by atoms with E-state index in [1.807, 2.05) is 42.5 Å². The molecule has 0 saturated heterocycles. The topological polar surface area (TPSA) is 17.1 Å². The van der Waals surface area contributed by atoms with Crippen LogP contribution in [0.5, 0.6) is 0 Å². The Morgan fingerprint density at radius 3 is 1.90 bits per heavy atom. The molecule has 0 N–H and O–H groups in total. The minimum atomic E-state index is -0.147. The van der Waals surface area contributed by atoms with Crippen molar-refractivity contribution in [2.75, 3.05) is 0 Å². The van der Waals surface area contributed by atoms with E-state index in [1.54, 1.807) is 6.08 Å². The maximum atomic E-state index is 13.0. The molecule has 0 amide bonds. The van der Waals surface area contributed by atoms with Crippen LogP contribution in [0.25, 0.3) is 11.6 Å². The summed E-state index contributed by atoms with van der Waals surface area (Å²) in [5.41, 5.74) is 5.79. The lowest BCUT2D eigenvalue weighted by Gasteiger charge is -2.31. The highest BCUT2D eigenvalue weighted by molar-refractivity contribution is 6.32. The molecule has 2 heteroatoms. The van der Waals surface area contributed by atoms with Gasteiger partial charge in [0.15, 0.2) is 5.78 Å². The van der Waals surface area contributed by atoms with Gasteiger partial charge in [-0.05, 0) is 69.0 Å². The molecule has 0 aromatic heterocycles. The maximum absolute atomic E-state index is 13.0. The molecule has 0 bridgehead atoms. The van der Waals surface area contributed by atoms with E-state index in [1.165, 1.54) is 0 Å². The first-order chi connectivity index (χ1) is 13.5.